The maximum atomic E-state index is 12.7. The van der Waals surface area contributed by atoms with Gasteiger partial charge in [0.2, 0.25) is 0 Å². The molecule has 0 amide bonds. The molecule has 0 aliphatic carbocycles. The molecule has 0 saturated heterocycles. The first kappa shape index (κ1) is 12.6. The van der Waals surface area contributed by atoms with Crippen LogP contribution in [0.25, 0.3) is 20.3 Å². The van der Waals surface area contributed by atoms with Crippen molar-refractivity contribution in [1.29, 1.82) is 0 Å². The fraction of sp³-hybridized carbons (Fsp3) is 0.0667. The van der Waals surface area contributed by atoms with Crippen molar-refractivity contribution in [3.05, 3.63) is 63.5 Å². The smallest absolute Gasteiger partial charge is 0.272 e. The van der Waals surface area contributed by atoms with Crippen LogP contribution in [0, 0.1) is 4.77 Å². The van der Waals surface area contributed by atoms with Gasteiger partial charge in [-0.05, 0) is 30.4 Å². The van der Waals surface area contributed by atoms with E-state index in [1.165, 1.54) is 15.9 Å². The number of H-pyrrole nitrogens is 1. The van der Waals surface area contributed by atoms with Crippen LogP contribution < -0.4 is 5.56 Å². The average Bonchev–Trinajstić information content (AvgIpc) is 3.11. The lowest BCUT2D eigenvalue weighted by Gasteiger charge is -2.04. The topological polar surface area (TPSA) is 50.9 Å². The van der Waals surface area contributed by atoms with Crippen LogP contribution in [0.1, 0.15) is 5.76 Å². The summed E-state index contributed by atoms with van der Waals surface area (Å²) in [7, 11) is 0. The van der Waals surface area contributed by atoms with Crippen LogP contribution in [0.2, 0.25) is 0 Å². The largest absolute Gasteiger partial charge is 0.467 e. The fourth-order valence-corrected chi connectivity index (χ4v) is 3.77. The van der Waals surface area contributed by atoms with Crippen LogP contribution >= 0.6 is 23.6 Å². The van der Waals surface area contributed by atoms with Gasteiger partial charge in [-0.25, -0.2) is 0 Å². The van der Waals surface area contributed by atoms with Crippen molar-refractivity contribution in [1.82, 2.24) is 9.55 Å². The number of benzene rings is 1. The quantitative estimate of drug-likeness (QED) is 0.571. The third kappa shape index (κ3) is 1.95. The number of thiophene rings is 1. The van der Waals surface area contributed by atoms with Crippen molar-refractivity contribution in [3.63, 3.8) is 0 Å². The van der Waals surface area contributed by atoms with Gasteiger partial charge >= 0.3 is 0 Å². The fourth-order valence-electron chi connectivity index (χ4n) is 2.41. The van der Waals surface area contributed by atoms with Crippen LogP contribution in [-0.4, -0.2) is 9.55 Å². The lowest BCUT2D eigenvalue weighted by molar-refractivity contribution is 0.487. The van der Waals surface area contributed by atoms with Crippen LogP contribution in [0.5, 0.6) is 0 Å². The molecule has 0 saturated carbocycles. The molecule has 21 heavy (non-hydrogen) atoms. The summed E-state index contributed by atoms with van der Waals surface area (Å²) in [6.07, 6.45) is 1.59. The third-order valence-corrected chi connectivity index (χ3v) is 4.89. The maximum absolute atomic E-state index is 12.7. The van der Waals surface area contributed by atoms with Crippen molar-refractivity contribution in [2.45, 2.75) is 6.54 Å². The highest BCUT2D eigenvalue weighted by atomic mass is 32.1. The van der Waals surface area contributed by atoms with Crippen molar-refractivity contribution in [2.24, 2.45) is 0 Å². The van der Waals surface area contributed by atoms with E-state index in [4.69, 9.17) is 16.6 Å². The molecule has 0 aliphatic heterocycles. The number of hydrogen-bond donors (Lipinski definition) is 1. The number of nitrogens with one attached hydrogen (secondary N) is 1. The van der Waals surface area contributed by atoms with Crippen molar-refractivity contribution >= 4 is 43.9 Å². The molecule has 0 atom stereocenters. The molecular weight excluding hydrogens is 304 g/mol. The first-order valence-electron chi connectivity index (χ1n) is 6.41. The molecule has 3 aromatic heterocycles. The zero-order valence-electron chi connectivity index (χ0n) is 10.8. The highest BCUT2D eigenvalue weighted by molar-refractivity contribution is 7.71. The predicted octanol–water partition coefficient (Wildman–Crippen LogP) is 3.92. The van der Waals surface area contributed by atoms with Gasteiger partial charge in [-0.2, -0.15) is 0 Å². The highest BCUT2D eigenvalue weighted by Crippen LogP contribution is 2.29. The minimum Gasteiger partial charge on any atom is -0.467 e. The lowest BCUT2D eigenvalue weighted by Crippen LogP contribution is -2.21. The Hall–Kier alpha value is -2.18. The second-order valence-corrected chi connectivity index (χ2v) is 6.14. The number of aromatic nitrogens is 2. The minimum atomic E-state index is -0.0775. The van der Waals surface area contributed by atoms with Gasteiger partial charge < -0.3 is 9.40 Å². The zero-order chi connectivity index (χ0) is 14.4. The van der Waals surface area contributed by atoms with E-state index in [-0.39, 0.29) is 5.56 Å². The summed E-state index contributed by atoms with van der Waals surface area (Å²) in [5.41, 5.74) is 0.743. The molecule has 0 spiro atoms. The molecule has 6 heteroatoms. The molecule has 0 bridgehead atoms. The average molecular weight is 314 g/mol. The molecule has 0 aliphatic rings. The Morgan fingerprint density at radius 2 is 2.10 bits per heavy atom. The Balaban J connectivity index is 2.03. The number of fused-ring (bicyclic) bond motifs is 3. The Labute approximate surface area is 128 Å². The van der Waals surface area contributed by atoms with E-state index in [0.717, 1.165) is 15.6 Å². The molecule has 4 aromatic rings. The first-order valence-corrected chi connectivity index (χ1v) is 7.63. The Kier molecular flexibility index (Phi) is 2.80. The summed E-state index contributed by atoms with van der Waals surface area (Å²) in [5.74, 6) is 0.706. The Morgan fingerprint density at radius 1 is 1.24 bits per heavy atom. The summed E-state index contributed by atoms with van der Waals surface area (Å²) >= 11 is 6.82. The Bertz CT molecular complexity index is 1050. The summed E-state index contributed by atoms with van der Waals surface area (Å²) in [6, 6.07) is 11.6. The van der Waals surface area contributed by atoms with E-state index in [2.05, 4.69) is 4.98 Å². The van der Waals surface area contributed by atoms with E-state index in [1.807, 2.05) is 30.3 Å². The third-order valence-electron chi connectivity index (χ3n) is 3.41. The molecule has 1 aromatic carbocycles. The number of aromatic amines is 1. The SMILES string of the molecule is O=c1c2sc3ccccc3c2[nH]c(=S)n1Cc1ccco1. The molecule has 4 rings (SSSR count). The number of furan rings is 1. The van der Waals surface area contributed by atoms with E-state index >= 15 is 0 Å². The molecule has 0 unspecified atom stereocenters. The summed E-state index contributed by atoms with van der Waals surface area (Å²) in [6.45, 7) is 0.339. The second kappa shape index (κ2) is 4.68. The predicted molar refractivity (Wildman–Crippen MR) is 86.6 cm³/mol. The van der Waals surface area contributed by atoms with Gasteiger partial charge in [0.05, 0.1) is 18.3 Å². The number of nitrogens with zero attached hydrogens (tertiary/aromatic N) is 1. The number of rotatable bonds is 2. The zero-order valence-corrected chi connectivity index (χ0v) is 12.5. The van der Waals surface area contributed by atoms with E-state index < -0.39 is 0 Å². The van der Waals surface area contributed by atoms with E-state index in [1.54, 1.807) is 12.3 Å². The molecule has 4 nitrogen and oxygen atoms in total. The molecule has 1 N–H and O–H groups in total. The van der Waals surface area contributed by atoms with Crippen LogP contribution in [-0.2, 0) is 6.54 Å². The normalized spacial score (nSPS) is 11.4. The van der Waals surface area contributed by atoms with Crippen LogP contribution in [0.3, 0.4) is 0 Å². The molecular formula is C15H10N2O2S2. The summed E-state index contributed by atoms with van der Waals surface area (Å²) in [4.78, 5) is 15.9. The van der Waals surface area contributed by atoms with Gasteiger partial charge in [0.25, 0.3) is 5.56 Å². The summed E-state index contributed by atoms with van der Waals surface area (Å²) < 4.78 is 9.01. The molecule has 3 heterocycles. The number of hydrogen-bond acceptors (Lipinski definition) is 4. The first-order chi connectivity index (χ1) is 10.2. The van der Waals surface area contributed by atoms with Crippen molar-refractivity contribution in [2.75, 3.05) is 0 Å². The van der Waals surface area contributed by atoms with Gasteiger partial charge in [0, 0.05) is 10.1 Å². The van der Waals surface area contributed by atoms with Crippen molar-refractivity contribution in [3.8, 4) is 0 Å². The van der Waals surface area contributed by atoms with Crippen LogP contribution in [0.4, 0.5) is 0 Å². The van der Waals surface area contributed by atoms with Crippen molar-refractivity contribution < 1.29 is 4.42 Å². The highest BCUT2D eigenvalue weighted by Gasteiger charge is 2.12. The van der Waals surface area contributed by atoms with Gasteiger partial charge in [-0.3, -0.25) is 9.36 Å². The minimum absolute atomic E-state index is 0.0775. The maximum Gasteiger partial charge on any atom is 0.272 e. The molecule has 0 fully saturated rings. The van der Waals surface area contributed by atoms with E-state index in [9.17, 15) is 4.79 Å². The van der Waals surface area contributed by atoms with Gasteiger partial charge in [-0.15, -0.1) is 11.3 Å². The van der Waals surface area contributed by atoms with E-state index in [0.29, 0.717) is 21.8 Å². The van der Waals surface area contributed by atoms with Gasteiger partial charge in [0.1, 0.15) is 10.5 Å². The molecule has 0 radical (unpaired) electrons. The van der Waals surface area contributed by atoms with Gasteiger partial charge in [-0.1, -0.05) is 18.2 Å². The molecule has 104 valence electrons. The Morgan fingerprint density at radius 3 is 2.90 bits per heavy atom. The lowest BCUT2D eigenvalue weighted by atomic mass is 10.2. The van der Waals surface area contributed by atoms with Crippen LogP contribution in [0.15, 0.2) is 51.9 Å². The summed E-state index contributed by atoms with van der Waals surface area (Å²) in [5, 5.41) is 1.03. The standard InChI is InChI=1S/C15H10N2O2S2/c18-14-13-12(10-5-1-2-6-11(10)21-13)16-15(20)17(14)8-9-4-3-7-19-9/h1-7H,8H2,(H,16,20). The van der Waals surface area contributed by atoms with Gasteiger partial charge in [0.15, 0.2) is 4.77 Å². The second-order valence-electron chi connectivity index (χ2n) is 4.70. The monoisotopic (exact) mass is 314 g/mol.